The topological polar surface area (TPSA) is 64.4 Å². The van der Waals surface area contributed by atoms with Gasteiger partial charge in [-0.15, -0.1) is 0 Å². The van der Waals surface area contributed by atoms with E-state index >= 15 is 0 Å². The molecule has 0 radical (unpaired) electrons. The molecule has 1 unspecified atom stereocenters. The second-order valence-electron chi connectivity index (χ2n) is 4.38. The molecule has 1 aromatic heterocycles. The Morgan fingerprint density at radius 3 is 3.28 bits per heavy atom. The molecule has 1 atom stereocenters. The second kappa shape index (κ2) is 4.78. The number of aromatic nitrogens is 1. The number of hydrogen-bond acceptors (Lipinski definition) is 4. The molecule has 1 N–H and O–H groups in total. The van der Waals surface area contributed by atoms with Crippen LogP contribution in [0.15, 0.2) is 29.0 Å². The van der Waals surface area contributed by atoms with Gasteiger partial charge in [-0.05, 0) is 31.0 Å². The molecule has 1 aromatic carbocycles. The minimum atomic E-state index is -0.101. The Morgan fingerprint density at radius 1 is 1.50 bits per heavy atom. The van der Waals surface area contributed by atoms with Gasteiger partial charge < -0.3 is 14.5 Å². The van der Waals surface area contributed by atoms with E-state index in [2.05, 4.69) is 10.3 Å². The first kappa shape index (κ1) is 11.2. The van der Waals surface area contributed by atoms with E-state index in [1.54, 1.807) is 18.2 Å². The summed E-state index contributed by atoms with van der Waals surface area (Å²) in [5, 5.41) is 2.88. The third-order valence-electron chi connectivity index (χ3n) is 3.11. The molecule has 1 aliphatic rings. The molecule has 2 aromatic rings. The van der Waals surface area contributed by atoms with Gasteiger partial charge in [0.2, 0.25) is 0 Å². The van der Waals surface area contributed by atoms with Crippen LogP contribution < -0.4 is 5.32 Å². The predicted molar refractivity (Wildman–Crippen MR) is 65.3 cm³/mol. The number of carbonyl (C=O) groups is 1. The molecule has 1 aliphatic heterocycles. The van der Waals surface area contributed by atoms with Crippen LogP contribution in [0, 0.1) is 0 Å². The lowest BCUT2D eigenvalue weighted by atomic mass is 10.2. The standard InChI is InChI=1S/C13H14N2O3/c16-13(14-7-10-2-1-5-17-10)9-3-4-12-11(6-9)15-8-18-12/h3-4,6,8,10H,1-2,5,7H2,(H,14,16). The van der Waals surface area contributed by atoms with Crippen LogP contribution in [0.3, 0.4) is 0 Å². The van der Waals surface area contributed by atoms with E-state index in [1.165, 1.54) is 6.39 Å². The van der Waals surface area contributed by atoms with Crippen molar-refractivity contribution in [2.24, 2.45) is 0 Å². The smallest absolute Gasteiger partial charge is 0.251 e. The highest BCUT2D eigenvalue weighted by molar-refractivity contribution is 5.97. The van der Waals surface area contributed by atoms with Crippen LogP contribution >= 0.6 is 0 Å². The quantitative estimate of drug-likeness (QED) is 0.895. The Hall–Kier alpha value is -1.88. The minimum Gasteiger partial charge on any atom is -0.443 e. The van der Waals surface area contributed by atoms with Crippen molar-refractivity contribution >= 4 is 17.0 Å². The van der Waals surface area contributed by atoms with Gasteiger partial charge >= 0.3 is 0 Å². The molecule has 5 heteroatoms. The molecule has 0 saturated carbocycles. The number of amides is 1. The van der Waals surface area contributed by atoms with Gasteiger partial charge in [0.05, 0.1) is 6.10 Å². The minimum absolute atomic E-state index is 0.101. The van der Waals surface area contributed by atoms with Crippen molar-refractivity contribution in [1.82, 2.24) is 10.3 Å². The van der Waals surface area contributed by atoms with E-state index < -0.39 is 0 Å². The van der Waals surface area contributed by atoms with Crippen LogP contribution in [0.4, 0.5) is 0 Å². The van der Waals surface area contributed by atoms with E-state index in [-0.39, 0.29) is 12.0 Å². The molecule has 0 spiro atoms. The highest BCUT2D eigenvalue weighted by atomic mass is 16.5. The fourth-order valence-electron chi connectivity index (χ4n) is 2.11. The van der Waals surface area contributed by atoms with Crippen molar-refractivity contribution in [2.75, 3.05) is 13.2 Å². The van der Waals surface area contributed by atoms with Crippen molar-refractivity contribution in [3.63, 3.8) is 0 Å². The van der Waals surface area contributed by atoms with Gasteiger partial charge in [-0.25, -0.2) is 4.98 Å². The number of ether oxygens (including phenoxy) is 1. The second-order valence-corrected chi connectivity index (χ2v) is 4.38. The molecule has 1 amide bonds. The number of benzene rings is 1. The Labute approximate surface area is 104 Å². The van der Waals surface area contributed by atoms with Crippen molar-refractivity contribution in [1.29, 1.82) is 0 Å². The summed E-state index contributed by atoms with van der Waals surface area (Å²) in [5.74, 6) is -0.101. The first-order valence-electron chi connectivity index (χ1n) is 6.06. The van der Waals surface area contributed by atoms with Gasteiger partial charge in [-0.1, -0.05) is 0 Å². The lowest BCUT2D eigenvalue weighted by molar-refractivity contribution is 0.0858. The third-order valence-corrected chi connectivity index (χ3v) is 3.11. The summed E-state index contributed by atoms with van der Waals surface area (Å²) >= 11 is 0. The maximum absolute atomic E-state index is 11.9. The van der Waals surface area contributed by atoms with Crippen molar-refractivity contribution in [3.05, 3.63) is 30.2 Å². The zero-order valence-electron chi connectivity index (χ0n) is 9.89. The Balaban J connectivity index is 1.67. The number of fused-ring (bicyclic) bond motifs is 1. The largest absolute Gasteiger partial charge is 0.443 e. The summed E-state index contributed by atoms with van der Waals surface area (Å²) in [4.78, 5) is 16.0. The maximum atomic E-state index is 11.9. The van der Waals surface area contributed by atoms with Crippen molar-refractivity contribution < 1.29 is 13.9 Å². The van der Waals surface area contributed by atoms with Crippen LogP contribution in [0.2, 0.25) is 0 Å². The van der Waals surface area contributed by atoms with Gasteiger partial charge in [0.25, 0.3) is 5.91 Å². The zero-order valence-corrected chi connectivity index (χ0v) is 9.89. The monoisotopic (exact) mass is 246 g/mol. The molecule has 0 bridgehead atoms. The maximum Gasteiger partial charge on any atom is 0.251 e. The van der Waals surface area contributed by atoms with E-state index in [9.17, 15) is 4.79 Å². The molecule has 1 fully saturated rings. The fraction of sp³-hybridized carbons (Fsp3) is 0.385. The Morgan fingerprint density at radius 2 is 2.44 bits per heavy atom. The summed E-state index contributed by atoms with van der Waals surface area (Å²) in [6.07, 6.45) is 3.62. The first-order chi connectivity index (χ1) is 8.83. The van der Waals surface area contributed by atoms with Gasteiger partial charge in [-0.3, -0.25) is 4.79 Å². The van der Waals surface area contributed by atoms with Gasteiger partial charge in [-0.2, -0.15) is 0 Å². The fourth-order valence-corrected chi connectivity index (χ4v) is 2.11. The highest BCUT2D eigenvalue weighted by Crippen LogP contribution is 2.14. The molecule has 2 heterocycles. The normalized spacial score (nSPS) is 19.2. The van der Waals surface area contributed by atoms with Gasteiger partial charge in [0.15, 0.2) is 12.0 Å². The van der Waals surface area contributed by atoms with Crippen LogP contribution in [0.25, 0.3) is 11.1 Å². The summed E-state index contributed by atoms with van der Waals surface area (Å²) < 4.78 is 10.6. The number of nitrogens with zero attached hydrogens (tertiary/aromatic N) is 1. The van der Waals surface area contributed by atoms with E-state index in [1.807, 2.05) is 0 Å². The molecule has 94 valence electrons. The average Bonchev–Trinajstić information content (AvgIpc) is 3.05. The van der Waals surface area contributed by atoms with Crippen molar-refractivity contribution in [2.45, 2.75) is 18.9 Å². The number of rotatable bonds is 3. The van der Waals surface area contributed by atoms with Crippen LogP contribution in [0.5, 0.6) is 0 Å². The number of nitrogens with one attached hydrogen (secondary N) is 1. The lowest BCUT2D eigenvalue weighted by Gasteiger charge is -2.10. The zero-order chi connectivity index (χ0) is 12.4. The number of hydrogen-bond donors (Lipinski definition) is 1. The summed E-state index contributed by atoms with van der Waals surface area (Å²) in [6, 6.07) is 5.21. The molecule has 1 saturated heterocycles. The average molecular weight is 246 g/mol. The van der Waals surface area contributed by atoms with E-state index in [4.69, 9.17) is 9.15 Å². The predicted octanol–water partition coefficient (Wildman–Crippen LogP) is 1.74. The van der Waals surface area contributed by atoms with Crippen molar-refractivity contribution in [3.8, 4) is 0 Å². The van der Waals surface area contributed by atoms with Crippen LogP contribution in [-0.2, 0) is 4.74 Å². The van der Waals surface area contributed by atoms with Crippen LogP contribution in [-0.4, -0.2) is 30.1 Å². The first-order valence-corrected chi connectivity index (χ1v) is 6.06. The molecule has 5 nitrogen and oxygen atoms in total. The SMILES string of the molecule is O=C(NCC1CCCO1)c1ccc2ocnc2c1. The van der Waals surface area contributed by atoms with E-state index in [0.29, 0.717) is 23.2 Å². The lowest BCUT2D eigenvalue weighted by Crippen LogP contribution is -2.31. The third kappa shape index (κ3) is 2.22. The van der Waals surface area contributed by atoms with E-state index in [0.717, 1.165) is 19.4 Å². The molecule has 0 aliphatic carbocycles. The molecular weight excluding hydrogens is 232 g/mol. The summed E-state index contributed by atoms with van der Waals surface area (Å²) in [7, 11) is 0. The number of carbonyl (C=O) groups excluding carboxylic acids is 1. The Bertz CT molecular complexity index is 558. The highest BCUT2D eigenvalue weighted by Gasteiger charge is 2.16. The summed E-state index contributed by atoms with van der Waals surface area (Å²) in [6.45, 7) is 1.36. The van der Waals surface area contributed by atoms with Gasteiger partial charge in [0, 0.05) is 18.7 Å². The molecule has 18 heavy (non-hydrogen) atoms. The summed E-state index contributed by atoms with van der Waals surface area (Å²) in [5.41, 5.74) is 1.97. The van der Waals surface area contributed by atoms with Gasteiger partial charge in [0.1, 0.15) is 5.52 Å². The Kier molecular flexibility index (Phi) is 2.98. The molecular formula is C13H14N2O3. The number of oxazole rings is 1. The van der Waals surface area contributed by atoms with Crippen LogP contribution in [0.1, 0.15) is 23.2 Å². The molecule has 3 rings (SSSR count).